The molecule has 1 aromatic rings. The smallest absolute Gasteiger partial charge is 0.261 e. The van der Waals surface area contributed by atoms with Crippen LogP contribution in [0.4, 0.5) is 0 Å². The normalized spacial score (nSPS) is 30.8. The molecular weight excluding hydrogens is 298 g/mol. The lowest BCUT2D eigenvalue weighted by atomic mass is 9.95. The van der Waals surface area contributed by atoms with Gasteiger partial charge in [-0.1, -0.05) is 6.42 Å². The van der Waals surface area contributed by atoms with Gasteiger partial charge in [-0.2, -0.15) is 0 Å². The summed E-state index contributed by atoms with van der Waals surface area (Å²) in [6.45, 7) is 2.02. The maximum Gasteiger partial charge on any atom is 0.261 e. The average Bonchev–Trinajstić information content (AvgIpc) is 2.95. The summed E-state index contributed by atoms with van der Waals surface area (Å²) in [5.74, 6) is 1.73. The fraction of sp³-hybridized carbons (Fsp3) is 0.615. The third kappa shape index (κ3) is 2.17. The molecule has 17 heavy (non-hydrogen) atoms. The fourth-order valence-corrected chi connectivity index (χ4v) is 4.67. The van der Waals surface area contributed by atoms with Crippen molar-refractivity contribution in [2.45, 2.75) is 38.6 Å². The molecule has 0 saturated heterocycles. The summed E-state index contributed by atoms with van der Waals surface area (Å²) in [6.07, 6.45) is 5.21. The van der Waals surface area contributed by atoms with Crippen molar-refractivity contribution >= 4 is 33.2 Å². The molecule has 3 rings (SSSR count). The van der Waals surface area contributed by atoms with Gasteiger partial charge in [-0.05, 0) is 65.6 Å². The molecule has 0 aromatic carbocycles. The van der Waals surface area contributed by atoms with E-state index in [-0.39, 0.29) is 5.91 Å². The van der Waals surface area contributed by atoms with E-state index >= 15 is 0 Å². The van der Waals surface area contributed by atoms with Crippen molar-refractivity contribution in [2.24, 2.45) is 11.8 Å². The van der Waals surface area contributed by atoms with Crippen LogP contribution >= 0.6 is 27.3 Å². The highest BCUT2D eigenvalue weighted by atomic mass is 79.9. The second kappa shape index (κ2) is 4.39. The van der Waals surface area contributed by atoms with Gasteiger partial charge in [0.15, 0.2) is 0 Å². The molecule has 0 spiro atoms. The maximum atomic E-state index is 12.1. The first-order chi connectivity index (χ1) is 8.13. The van der Waals surface area contributed by atoms with E-state index in [1.165, 1.54) is 37.0 Å². The van der Waals surface area contributed by atoms with E-state index in [1.807, 2.05) is 13.0 Å². The van der Waals surface area contributed by atoms with Crippen LogP contribution in [0.15, 0.2) is 9.85 Å². The lowest BCUT2D eigenvalue weighted by molar-refractivity contribution is 0.0927. The number of nitrogens with one attached hydrogen (secondary N) is 1. The quantitative estimate of drug-likeness (QED) is 0.885. The molecule has 2 fully saturated rings. The van der Waals surface area contributed by atoms with E-state index in [0.29, 0.717) is 6.04 Å². The van der Waals surface area contributed by atoms with Crippen LogP contribution in [-0.4, -0.2) is 11.9 Å². The van der Waals surface area contributed by atoms with E-state index in [1.54, 1.807) is 0 Å². The average molecular weight is 314 g/mol. The molecule has 92 valence electrons. The number of amides is 1. The molecule has 2 aliphatic carbocycles. The van der Waals surface area contributed by atoms with Gasteiger partial charge in [0.05, 0.1) is 8.66 Å². The number of fused-ring (bicyclic) bond motifs is 2. The van der Waals surface area contributed by atoms with Gasteiger partial charge in [0.25, 0.3) is 5.91 Å². The first-order valence-corrected chi connectivity index (χ1v) is 7.81. The number of carbonyl (C=O) groups excluding carboxylic acids is 1. The van der Waals surface area contributed by atoms with Crippen molar-refractivity contribution in [3.63, 3.8) is 0 Å². The van der Waals surface area contributed by atoms with E-state index in [0.717, 1.165) is 26.1 Å². The molecule has 3 atom stereocenters. The lowest BCUT2D eigenvalue weighted by Gasteiger charge is -2.22. The van der Waals surface area contributed by atoms with Crippen LogP contribution in [0, 0.1) is 18.8 Å². The van der Waals surface area contributed by atoms with Crippen LogP contribution in [0.1, 0.15) is 40.9 Å². The Hall–Kier alpha value is -0.350. The predicted molar refractivity (Wildman–Crippen MR) is 73.5 cm³/mol. The molecule has 3 unspecified atom stereocenters. The molecule has 1 amide bonds. The Morgan fingerprint density at radius 1 is 1.47 bits per heavy atom. The number of rotatable bonds is 2. The number of hydrogen-bond donors (Lipinski definition) is 1. The molecule has 4 heteroatoms. The van der Waals surface area contributed by atoms with Gasteiger partial charge in [0.1, 0.15) is 0 Å². The summed E-state index contributed by atoms with van der Waals surface area (Å²) < 4.78 is 1.07. The molecule has 1 N–H and O–H groups in total. The molecule has 1 aromatic heterocycles. The Bertz CT molecular complexity index is 437. The van der Waals surface area contributed by atoms with Crippen LogP contribution in [0.2, 0.25) is 0 Å². The molecule has 0 radical (unpaired) electrons. The van der Waals surface area contributed by atoms with Gasteiger partial charge >= 0.3 is 0 Å². The minimum atomic E-state index is 0.112. The highest BCUT2D eigenvalue weighted by molar-refractivity contribution is 9.11. The van der Waals surface area contributed by atoms with Gasteiger partial charge in [-0.3, -0.25) is 4.79 Å². The van der Waals surface area contributed by atoms with Crippen molar-refractivity contribution in [2.75, 3.05) is 0 Å². The molecule has 0 aliphatic heterocycles. The van der Waals surface area contributed by atoms with Crippen LogP contribution < -0.4 is 5.32 Å². The SMILES string of the molecule is Cc1cc(C(=O)NC2CC3CCC2C3)sc1Br. The van der Waals surface area contributed by atoms with Crippen LogP contribution in [-0.2, 0) is 0 Å². The number of hydrogen-bond acceptors (Lipinski definition) is 2. The van der Waals surface area contributed by atoms with E-state index < -0.39 is 0 Å². The Balaban J connectivity index is 1.67. The molecule has 2 aliphatic rings. The van der Waals surface area contributed by atoms with Crippen molar-refractivity contribution < 1.29 is 4.79 Å². The standard InChI is InChI=1S/C13H16BrNOS/c1-7-4-11(17-12(7)14)13(16)15-10-6-8-2-3-9(10)5-8/h4,8-10H,2-3,5-6H2,1H3,(H,15,16). The van der Waals surface area contributed by atoms with Crippen LogP contribution in [0.3, 0.4) is 0 Å². The van der Waals surface area contributed by atoms with Gasteiger partial charge in [-0.25, -0.2) is 0 Å². The summed E-state index contributed by atoms with van der Waals surface area (Å²) in [5.41, 5.74) is 1.15. The molecule has 2 saturated carbocycles. The van der Waals surface area contributed by atoms with Gasteiger partial charge < -0.3 is 5.32 Å². The number of aryl methyl sites for hydroxylation is 1. The molecule has 2 bridgehead atoms. The zero-order valence-electron chi connectivity index (χ0n) is 9.83. The Kier molecular flexibility index (Phi) is 3.03. The summed E-state index contributed by atoms with van der Waals surface area (Å²) in [4.78, 5) is 13.0. The van der Waals surface area contributed by atoms with Crippen molar-refractivity contribution in [1.82, 2.24) is 5.32 Å². The largest absolute Gasteiger partial charge is 0.348 e. The summed E-state index contributed by atoms with van der Waals surface area (Å²) in [6, 6.07) is 2.40. The molecule has 2 nitrogen and oxygen atoms in total. The van der Waals surface area contributed by atoms with Crippen molar-refractivity contribution in [3.05, 3.63) is 20.3 Å². The Morgan fingerprint density at radius 2 is 2.29 bits per heavy atom. The van der Waals surface area contributed by atoms with E-state index in [4.69, 9.17) is 0 Å². The van der Waals surface area contributed by atoms with Gasteiger partial charge in [0, 0.05) is 6.04 Å². The monoisotopic (exact) mass is 313 g/mol. The van der Waals surface area contributed by atoms with Crippen LogP contribution in [0.25, 0.3) is 0 Å². The van der Waals surface area contributed by atoms with E-state index in [2.05, 4.69) is 21.2 Å². The number of thiophene rings is 1. The van der Waals surface area contributed by atoms with Gasteiger partial charge in [0.2, 0.25) is 0 Å². The van der Waals surface area contributed by atoms with Crippen molar-refractivity contribution in [1.29, 1.82) is 0 Å². The summed E-state index contributed by atoms with van der Waals surface area (Å²) >= 11 is 5.00. The number of halogens is 1. The van der Waals surface area contributed by atoms with Crippen LogP contribution in [0.5, 0.6) is 0 Å². The Labute approximate surface area is 114 Å². The highest BCUT2D eigenvalue weighted by Crippen LogP contribution is 2.44. The van der Waals surface area contributed by atoms with E-state index in [9.17, 15) is 4.79 Å². The summed E-state index contributed by atoms with van der Waals surface area (Å²) in [5, 5.41) is 3.22. The topological polar surface area (TPSA) is 29.1 Å². The number of carbonyl (C=O) groups is 1. The van der Waals surface area contributed by atoms with Crippen molar-refractivity contribution in [3.8, 4) is 0 Å². The second-order valence-corrected chi connectivity index (χ2v) is 7.69. The molecule has 1 heterocycles. The predicted octanol–water partition coefficient (Wildman–Crippen LogP) is 3.74. The first kappa shape index (κ1) is 11.7. The second-order valence-electron chi connectivity index (χ2n) is 5.32. The fourth-order valence-electron chi connectivity index (χ4n) is 3.23. The summed E-state index contributed by atoms with van der Waals surface area (Å²) in [7, 11) is 0. The third-order valence-corrected chi connectivity index (χ3v) is 6.27. The Morgan fingerprint density at radius 3 is 2.82 bits per heavy atom. The van der Waals surface area contributed by atoms with Gasteiger partial charge in [-0.15, -0.1) is 11.3 Å². The zero-order valence-corrected chi connectivity index (χ0v) is 12.2. The highest BCUT2D eigenvalue weighted by Gasteiger charge is 2.40. The third-order valence-electron chi connectivity index (χ3n) is 4.14. The lowest BCUT2D eigenvalue weighted by Crippen LogP contribution is -2.38. The first-order valence-electron chi connectivity index (χ1n) is 6.20. The molecular formula is C13H16BrNOS. The zero-order chi connectivity index (χ0) is 12.0. The minimum absolute atomic E-state index is 0.112. The minimum Gasteiger partial charge on any atom is -0.348 e. The maximum absolute atomic E-state index is 12.1.